The zero-order valence-electron chi connectivity index (χ0n) is 10.4. The van der Waals surface area contributed by atoms with Crippen molar-refractivity contribution in [2.24, 2.45) is 0 Å². The smallest absolute Gasteiger partial charge is 0.156 e. The van der Waals surface area contributed by atoms with Crippen molar-refractivity contribution in [1.29, 1.82) is 0 Å². The van der Waals surface area contributed by atoms with E-state index >= 15 is 0 Å². The Bertz CT molecular complexity index is 158. The van der Waals surface area contributed by atoms with Crippen molar-refractivity contribution >= 4 is 0 Å². The summed E-state index contributed by atoms with van der Waals surface area (Å²) < 4.78 is 11.3. The van der Waals surface area contributed by atoms with Crippen LogP contribution < -0.4 is 0 Å². The predicted octanol–water partition coefficient (Wildman–Crippen LogP) is 2.61. The molecule has 1 aliphatic rings. The molecule has 15 heavy (non-hydrogen) atoms. The first-order valence-corrected chi connectivity index (χ1v) is 6.25. The summed E-state index contributed by atoms with van der Waals surface area (Å²) in [7, 11) is 0. The topological polar surface area (TPSA) is 21.7 Å². The Morgan fingerprint density at radius 3 is 2.47 bits per heavy atom. The maximum atomic E-state index is 5.78. The highest BCUT2D eigenvalue weighted by molar-refractivity contribution is 4.67. The van der Waals surface area contributed by atoms with E-state index in [0.29, 0.717) is 0 Å². The molecule has 1 saturated heterocycles. The van der Waals surface area contributed by atoms with Crippen molar-refractivity contribution in [3.63, 3.8) is 0 Å². The lowest BCUT2D eigenvalue weighted by atomic mass is 10.4. The molecule has 1 fully saturated rings. The van der Waals surface area contributed by atoms with Gasteiger partial charge >= 0.3 is 0 Å². The van der Waals surface area contributed by atoms with Crippen LogP contribution in [-0.4, -0.2) is 37.1 Å². The first kappa shape index (κ1) is 12.9. The van der Waals surface area contributed by atoms with E-state index in [4.69, 9.17) is 9.47 Å². The first-order valence-electron chi connectivity index (χ1n) is 6.25. The van der Waals surface area contributed by atoms with Crippen LogP contribution in [0.3, 0.4) is 0 Å². The van der Waals surface area contributed by atoms with Crippen molar-refractivity contribution in [1.82, 2.24) is 4.90 Å². The van der Waals surface area contributed by atoms with Gasteiger partial charge in [0.05, 0.1) is 0 Å². The second kappa shape index (κ2) is 7.20. The van der Waals surface area contributed by atoms with E-state index in [1.165, 1.54) is 32.4 Å². The Morgan fingerprint density at radius 2 is 1.87 bits per heavy atom. The van der Waals surface area contributed by atoms with Crippen LogP contribution in [0.1, 0.15) is 46.5 Å². The van der Waals surface area contributed by atoms with Gasteiger partial charge in [-0.05, 0) is 33.1 Å². The number of hydrogen-bond acceptors (Lipinski definition) is 3. The molecular weight excluding hydrogens is 190 g/mol. The monoisotopic (exact) mass is 215 g/mol. The van der Waals surface area contributed by atoms with Gasteiger partial charge in [-0.1, -0.05) is 13.3 Å². The summed E-state index contributed by atoms with van der Waals surface area (Å²) in [6, 6.07) is 0. The molecule has 0 aromatic heterocycles. The van der Waals surface area contributed by atoms with Crippen LogP contribution in [0.4, 0.5) is 0 Å². The lowest BCUT2D eigenvalue weighted by Crippen LogP contribution is -2.35. The molecule has 0 saturated carbocycles. The second-order valence-corrected chi connectivity index (χ2v) is 4.27. The lowest BCUT2D eigenvalue weighted by molar-refractivity contribution is -0.189. The van der Waals surface area contributed by atoms with E-state index in [1.807, 2.05) is 6.92 Å². The molecule has 1 aliphatic heterocycles. The Morgan fingerprint density at radius 1 is 1.20 bits per heavy atom. The molecule has 3 heteroatoms. The molecule has 0 radical (unpaired) electrons. The predicted molar refractivity (Wildman–Crippen MR) is 61.7 cm³/mol. The maximum absolute atomic E-state index is 5.78. The third kappa shape index (κ3) is 4.96. The molecule has 0 amide bonds. The van der Waals surface area contributed by atoms with Crippen LogP contribution >= 0.6 is 0 Å². The number of ether oxygens (including phenoxy) is 2. The largest absolute Gasteiger partial charge is 0.353 e. The number of rotatable bonds is 7. The zero-order chi connectivity index (χ0) is 11.1. The Hall–Kier alpha value is -0.120. The third-order valence-electron chi connectivity index (χ3n) is 2.89. The molecule has 0 aromatic carbocycles. The average Bonchev–Trinajstić information content (AvgIpc) is 2.70. The van der Waals surface area contributed by atoms with Crippen LogP contribution in [0.15, 0.2) is 0 Å². The fraction of sp³-hybridized carbons (Fsp3) is 1.00. The molecule has 0 bridgehead atoms. The van der Waals surface area contributed by atoms with Crippen LogP contribution in [0, 0.1) is 0 Å². The van der Waals surface area contributed by atoms with Gasteiger partial charge in [0.15, 0.2) is 6.29 Å². The van der Waals surface area contributed by atoms with Crippen LogP contribution in [0.25, 0.3) is 0 Å². The molecular formula is C12H25NO2. The van der Waals surface area contributed by atoms with Crippen LogP contribution in [-0.2, 0) is 9.47 Å². The first-order chi connectivity index (χ1) is 7.24. The SMILES string of the molecule is CCCCOC(C)OC(C)N1CCCC1. The highest BCUT2D eigenvalue weighted by Gasteiger charge is 2.20. The number of unbranched alkanes of at least 4 members (excludes halogenated alkanes) is 1. The van der Waals surface area contributed by atoms with E-state index < -0.39 is 0 Å². The average molecular weight is 215 g/mol. The Kier molecular flexibility index (Phi) is 6.22. The van der Waals surface area contributed by atoms with E-state index in [-0.39, 0.29) is 12.5 Å². The Labute approximate surface area is 93.7 Å². The number of hydrogen-bond donors (Lipinski definition) is 0. The van der Waals surface area contributed by atoms with E-state index in [1.54, 1.807) is 0 Å². The van der Waals surface area contributed by atoms with Gasteiger partial charge in [-0.25, -0.2) is 0 Å². The quantitative estimate of drug-likeness (QED) is 0.481. The summed E-state index contributed by atoms with van der Waals surface area (Å²) in [5, 5.41) is 0. The summed E-state index contributed by atoms with van der Waals surface area (Å²) in [6.07, 6.45) is 5.02. The van der Waals surface area contributed by atoms with Gasteiger partial charge in [0.2, 0.25) is 0 Å². The van der Waals surface area contributed by atoms with Crippen molar-refractivity contribution < 1.29 is 9.47 Å². The van der Waals surface area contributed by atoms with Gasteiger partial charge < -0.3 is 9.47 Å². The van der Waals surface area contributed by atoms with Gasteiger partial charge in [-0.3, -0.25) is 4.90 Å². The molecule has 0 N–H and O–H groups in total. The summed E-state index contributed by atoms with van der Waals surface area (Å²) in [6.45, 7) is 9.42. The summed E-state index contributed by atoms with van der Waals surface area (Å²) in [5.41, 5.74) is 0. The fourth-order valence-electron chi connectivity index (χ4n) is 1.90. The zero-order valence-corrected chi connectivity index (χ0v) is 10.4. The summed E-state index contributed by atoms with van der Waals surface area (Å²) in [4.78, 5) is 2.37. The van der Waals surface area contributed by atoms with E-state index in [0.717, 1.165) is 13.0 Å². The van der Waals surface area contributed by atoms with Crippen molar-refractivity contribution in [3.8, 4) is 0 Å². The minimum Gasteiger partial charge on any atom is -0.353 e. The normalized spacial score (nSPS) is 21.8. The minimum atomic E-state index is -0.0767. The minimum absolute atomic E-state index is 0.0767. The molecule has 0 aliphatic carbocycles. The Balaban J connectivity index is 2.10. The highest BCUT2D eigenvalue weighted by Crippen LogP contribution is 2.13. The molecule has 0 spiro atoms. The van der Waals surface area contributed by atoms with Crippen molar-refractivity contribution in [2.75, 3.05) is 19.7 Å². The number of nitrogens with zero attached hydrogens (tertiary/aromatic N) is 1. The van der Waals surface area contributed by atoms with Crippen LogP contribution in [0.2, 0.25) is 0 Å². The van der Waals surface area contributed by atoms with Gasteiger partial charge in [0.25, 0.3) is 0 Å². The summed E-state index contributed by atoms with van der Waals surface area (Å²) in [5.74, 6) is 0. The molecule has 1 rings (SSSR count). The molecule has 1 heterocycles. The van der Waals surface area contributed by atoms with Crippen molar-refractivity contribution in [3.05, 3.63) is 0 Å². The van der Waals surface area contributed by atoms with E-state index in [9.17, 15) is 0 Å². The van der Waals surface area contributed by atoms with Crippen LogP contribution in [0.5, 0.6) is 0 Å². The standard InChI is InChI=1S/C12H25NO2/c1-4-5-10-14-12(3)15-11(2)13-8-6-7-9-13/h11-12H,4-10H2,1-3H3. The fourth-order valence-corrected chi connectivity index (χ4v) is 1.90. The maximum Gasteiger partial charge on any atom is 0.156 e. The molecule has 2 atom stereocenters. The van der Waals surface area contributed by atoms with E-state index in [2.05, 4.69) is 18.7 Å². The number of likely N-dealkylation sites (tertiary alicyclic amines) is 1. The van der Waals surface area contributed by atoms with Gasteiger partial charge in [-0.2, -0.15) is 0 Å². The molecule has 0 aromatic rings. The molecule has 90 valence electrons. The third-order valence-corrected chi connectivity index (χ3v) is 2.89. The van der Waals surface area contributed by atoms with Gasteiger partial charge in [0.1, 0.15) is 6.23 Å². The molecule has 3 nitrogen and oxygen atoms in total. The highest BCUT2D eigenvalue weighted by atomic mass is 16.7. The van der Waals surface area contributed by atoms with Gasteiger partial charge in [-0.15, -0.1) is 0 Å². The molecule has 2 unspecified atom stereocenters. The lowest BCUT2D eigenvalue weighted by Gasteiger charge is -2.27. The second-order valence-electron chi connectivity index (χ2n) is 4.27. The van der Waals surface area contributed by atoms with Gasteiger partial charge in [0, 0.05) is 19.7 Å². The van der Waals surface area contributed by atoms with Crippen molar-refractivity contribution in [2.45, 2.75) is 59.0 Å². The summed E-state index contributed by atoms with van der Waals surface area (Å²) >= 11 is 0.